The predicted molar refractivity (Wildman–Crippen MR) is 113 cm³/mol. The lowest BCUT2D eigenvalue weighted by Crippen LogP contribution is -2.04. The maximum atomic E-state index is 5.51. The Hall–Kier alpha value is -2.92. The Labute approximate surface area is 166 Å². The third kappa shape index (κ3) is 3.78. The molecule has 0 aliphatic carbocycles. The summed E-state index contributed by atoms with van der Waals surface area (Å²) < 4.78 is 6.47. The van der Waals surface area contributed by atoms with Crippen molar-refractivity contribution in [3.05, 3.63) is 82.8 Å². The summed E-state index contributed by atoms with van der Waals surface area (Å²) in [5.74, 6) is 2.17. The van der Waals surface area contributed by atoms with Crippen LogP contribution in [0.3, 0.4) is 0 Å². The van der Waals surface area contributed by atoms with E-state index in [2.05, 4.69) is 33.4 Å². The van der Waals surface area contributed by atoms with E-state index in [1.807, 2.05) is 60.7 Å². The van der Waals surface area contributed by atoms with E-state index in [0.717, 1.165) is 32.5 Å². The maximum absolute atomic E-state index is 5.51. The van der Waals surface area contributed by atoms with E-state index in [-0.39, 0.29) is 0 Å². The first-order valence-corrected chi connectivity index (χ1v) is 9.42. The van der Waals surface area contributed by atoms with Crippen LogP contribution in [0, 0.1) is 0 Å². The number of fused-ring (bicyclic) bond motifs is 1. The first kappa shape index (κ1) is 17.5. The van der Waals surface area contributed by atoms with Crippen LogP contribution in [0.2, 0.25) is 0 Å². The summed E-state index contributed by atoms with van der Waals surface area (Å²) in [6, 6.07) is 24.1. The van der Waals surface area contributed by atoms with Gasteiger partial charge in [-0.1, -0.05) is 58.4 Å². The van der Waals surface area contributed by atoms with Crippen LogP contribution >= 0.6 is 15.9 Å². The predicted octanol–water partition coefficient (Wildman–Crippen LogP) is 5.68. The monoisotopic (exact) mass is 419 g/mol. The molecule has 0 saturated carbocycles. The van der Waals surface area contributed by atoms with Gasteiger partial charge in [-0.2, -0.15) is 0 Å². The van der Waals surface area contributed by atoms with Gasteiger partial charge in [0.1, 0.15) is 11.6 Å². The van der Waals surface area contributed by atoms with Gasteiger partial charge in [-0.05, 0) is 35.9 Å². The Morgan fingerprint density at radius 2 is 1.70 bits per heavy atom. The number of aromatic nitrogens is 2. The molecule has 4 nitrogen and oxygen atoms in total. The van der Waals surface area contributed by atoms with Gasteiger partial charge in [-0.15, -0.1) is 0 Å². The molecule has 1 aromatic heterocycles. The van der Waals surface area contributed by atoms with Crippen molar-refractivity contribution in [3.8, 4) is 17.1 Å². The van der Waals surface area contributed by atoms with Crippen molar-refractivity contribution in [3.63, 3.8) is 0 Å². The molecule has 1 N–H and O–H groups in total. The molecule has 0 amide bonds. The molecule has 3 aromatic carbocycles. The van der Waals surface area contributed by atoms with Gasteiger partial charge in [0.15, 0.2) is 5.82 Å². The second-order valence-corrected chi connectivity index (χ2v) is 7.01. The molecule has 4 aromatic rings. The Morgan fingerprint density at radius 1 is 0.926 bits per heavy atom. The quantitative estimate of drug-likeness (QED) is 0.451. The van der Waals surface area contributed by atoms with Crippen molar-refractivity contribution in [1.29, 1.82) is 0 Å². The number of nitrogens with zero attached hydrogens (tertiary/aromatic N) is 2. The zero-order valence-corrected chi connectivity index (χ0v) is 16.4. The van der Waals surface area contributed by atoms with Crippen LogP contribution in [0.4, 0.5) is 5.82 Å². The summed E-state index contributed by atoms with van der Waals surface area (Å²) in [5, 5.41) is 4.45. The fourth-order valence-electron chi connectivity index (χ4n) is 2.97. The highest BCUT2D eigenvalue weighted by molar-refractivity contribution is 9.10. The molecule has 0 aliphatic rings. The molecule has 0 saturated heterocycles. The molecular weight excluding hydrogens is 402 g/mol. The lowest BCUT2D eigenvalue weighted by molar-refractivity contribution is 0.416. The van der Waals surface area contributed by atoms with Crippen LogP contribution in [0.25, 0.3) is 22.3 Å². The van der Waals surface area contributed by atoms with Crippen molar-refractivity contribution in [1.82, 2.24) is 9.97 Å². The molecule has 0 unspecified atom stereocenters. The number of anilines is 1. The van der Waals surface area contributed by atoms with Crippen molar-refractivity contribution in [2.24, 2.45) is 0 Å². The van der Waals surface area contributed by atoms with Crippen molar-refractivity contribution < 1.29 is 4.74 Å². The summed E-state index contributed by atoms with van der Waals surface area (Å²) in [6.45, 7) is 0.691. The number of halogens is 1. The molecule has 27 heavy (non-hydrogen) atoms. The Morgan fingerprint density at radius 3 is 2.52 bits per heavy atom. The van der Waals surface area contributed by atoms with Gasteiger partial charge < -0.3 is 10.1 Å². The highest BCUT2D eigenvalue weighted by Crippen LogP contribution is 2.33. The molecule has 134 valence electrons. The standard InChI is InChI=1S/C22H18BrN3O/c1-27-20-12-11-16(23)13-18(20)22-25-19-10-6-5-9-17(19)21(26-22)24-14-15-7-3-2-4-8-15/h2-13H,14H2,1H3,(H,24,25,26). The van der Waals surface area contributed by atoms with E-state index in [4.69, 9.17) is 14.7 Å². The number of methoxy groups -OCH3 is 1. The first-order chi connectivity index (χ1) is 13.2. The topological polar surface area (TPSA) is 47.0 Å². The molecule has 0 bridgehead atoms. The van der Waals surface area contributed by atoms with Crippen LogP contribution in [-0.2, 0) is 6.54 Å². The van der Waals surface area contributed by atoms with Gasteiger partial charge in [0.05, 0.1) is 18.2 Å². The molecule has 0 spiro atoms. The second-order valence-electron chi connectivity index (χ2n) is 6.10. The molecule has 0 radical (unpaired) electrons. The van der Waals surface area contributed by atoms with Gasteiger partial charge in [0.25, 0.3) is 0 Å². The Kier molecular flexibility index (Phi) is 5.03. The van der Waals surface area contributed by atoms with Crippen LogP contribution in [0.5, 0.6) is 5.75 Å². The fraction of sp³-hybridized carbons (Fsp3) is 0.0909. The zero-order valence-electron chi connectivity index (χ0n) is 14.8. The minimum atomic E-state index is 0.627. The van der Waals surface area contributed by atoms with Crippen LogP contribution < -0.4 is 10.1 Å². The van der Waals surface area contributed by atoms with Gasteiger partial charge in [0, 0.05) is 16.4 Å². The number of para-hydroxylation sites is 1. The summed E-state index contributed by atoms with van der Waals surface area (Å²) in [5.41, 5.74) is 2.93. The minimum absolute atomic E-state index is 0.627. The van der Waals surface area contributed by atoms with Crippen molar-refractivity contribution in [2.75, 3.05) is 12.4 Å². The van der Waals surface area contributed by atoms with E-state index in [1.54, 1.807) is 7.11 Å². The van der Waals surface area contributed by atoms with E-state index < -0.39 is 0 Å². The first-order valence-electron chi connectivity index (χ1n) is 8.63. The lowest BCUT2D eigenvalue weighted by Gasteiger charge is -2.13. The van der Waals surface area contributed by atoms with Gasteiger partial charge >= 0.3 is 0 Å². The lowest BCUT2D eigenvalue weighted by atomic mass is 10.1. The van der Waals surface area contributed by atoms with Crippen LogP contribution in [0.1, 0.15) is 5.56 Å². The number of ether oxygens (including phenoxy) is 1. The van der Waals surface area contributed by atoms with Crippen molar-refractivity contribution >= 4 is 32.7 Å². The fourth-order valence-corrected chi connectivity index (χ4v) is 3.33. The van der Waals surface area contributed by atoms with E-state index in [0.29, 0.717) is 12.4 Å². The highest BCUT2D eigenvalue weighted by Gasteiger charge is 2.13. The third-order valence-corrected chi connectivity index (χ3v) is 4.80. The zero-order chi connectivity index (χ0) is 18.6. The van der Waals surface area contributed by atoms with Gasteiger partial charge in [-0.3, -0.25) is 0 Å². The normalized spacial score (nSPS) is 10.7. The summed E-state index contributed by atoms with van der Waals surface area (Å²) in [6.07, 6.45) is 0. The minimum Gasteiger partial charge on any atom is -0.496 e. The largest absolute Gasteiger partial charge is 0.496 e. The number of benzene rings is 3. The van der Waals surface area contributed by atoms with Crippen LogP contribution in [0.15, 0.2) is 77.3 Å². The summed E-state index contributed by atoms with van der Waals surface area (Å²) in [7, 11) is 1.66. The summed E-state index contributed by atoms with van der Waals surface area (Å²) >= 11 is 3.53. The molecular formula is C22H18BrN3O. The van der Waals surface area contributed by atoms with Gasteiger partial charge in [0.2, 0.25) is 0 Å². The Balaban J connectivity index is 1.80. The molecule has 1 heterocycles. The van der Waals surface area contributed by atoms with Gasteiger partial charge in [-0.25, -0.2) is 9.97 Å². The molecule has 0 fully saturated rings. The van der Waals surface area contributed by atoms with E-state index >= 15 is 0 Å². The highest BCUT2D eigenvalue weighted by atomic mass is 79.9. The molecule has 5 heteroatoms. The SMILES string of the molecule is COc1ccc(Br)cc1-c1nc(NCc2ccccc2)c2ccccc2n1. The van der Waals surface area contributed by atoms with E-state index in [9.17, 15) is 0 Å². The maximum Gasteiger partial charge on any atom is 0.165 e. The number of nitrogens with one attached hydrogen (secondary N) is 1. The average molecular weight is 420 g/mol. The number of hydrogen-bond acceptors (Lipinski definition) is 4. The number of hydrogen-bond donors (Lipinski definition) is 1. The average Bonchev–Trinajstić information content (AvgIpc) is 2.72. The Bertz CT molecular complexity index is 1080. The smallest absolute Gasteiger partial charge is 0.165 e. The summed E-state index contributed by atoms with van der Waals surface area (Å²) in [4.78, 5) is 9.57. The van der Waals surface area contributed by atoms with E-state index in [1.165, 1.54) is 5.56 Å². The molecule has 0 aliphatic heterocycles. The van der Waals surface area contributed by atoms with Crippen LogP contribution in [-0.4, -0.2) is 17.1 Å². The second kappa shape index (κ2) is 7.76. The van der Waals surface area contributed by atoms with Crippen molar-refractivity contribution in [2.45, 2.75) is 6.54 Å². The third-order valence-electron chi connectivity index (χ3n) is 4.31. The molecule has 4 rings (SSSR count). The number of rotatable bonds is 5. The molecule has 0 atom stereocenters.